The second-order valence-electron chi connectivity index (χ2n) is 10.8. The minimum atomic E-state index is -1.11. The molecule has 0 spiro atoms. The van der Waals surface area contributed by atoms with Gasteiger partial charge in [0.15, 0.2) is 0 Å². The zero-order valence-electron chi connectivity index (χ0n) is 22.4. The molecule has 2 fully saturated rings. The molecular weight excluding hydrogens is 435 g/mol. The summed E-state index contributed by atoms with van der Waals surface area (Å²) in [5.41, 5.74) is -1.82. The molecule has 1 N–H and O–H groups in total. The van der Waals surface area contributed by atoms with E-state index in [1.165, 1.54) is 26.4 Å². The highest BCUT2D eigenvalue weighted by molar-refractivity contribution is 6.45. The van der Waals surface area contributed by atoms with Crippen molar-refractivity contribution < 1.29 is 28.4 Å². The maximum absolute atomic E-state index is 13.0. The fraction of sp³-hybridized carbons (Fsp3) is 0.920. The number of hydrogen-bond acceptors (Lipinski definition) is 7. The monoisotopic (exact) mass is 482 g/mol. The van der Waals surface area contributed by atoms with Gasteiger partial charge >= 0.3 is 19.2 Å². The predicted molar refractivity (Wildman–Crippen MR) is 134 cm³/mol. The first-order chi connectivity index (χ1) is 16.0. The van der Waals surface area contributed by atoms with Gasteiger partial charge in [0.2, 0.25) is 0 Å². The average Bonchev–Trinajstić information content (AvgIpc) is 3.01. The smallest absolute Gasteiger partial charge is 0.457 e. The minimum Gasteiger partial charge on any atom is -0.467 e. The second kappa shape index (κ2) is 13.1. The Morgan fingerprint density at radius 3 is 2.24 bits per heavy atom. The molecule has 1 unspecified atom stereocenters. The number of likely N-dealkylation sites (tertiary alicyclic amines) is 1. The summed E-state index contributed by atoms with van der Waals surface area (Å²) < 4.78 is 22.7. The van der Waals surface area contributed by atoms with Crippen LogP contribution in [0.4, 0.5) is 4.79 Å². The van der Waals surface area contributed by atoms with E-state index in [1.54, 1.807) is 0 Å². The number of methoxy groups -OCH3 is 1. The number of alkyl carbamates (subject to hydrolysis) is 1. The van der Waals surface area contributed by atoms with Crippen molar-refractivity contribution in [2.45, 2.75) is 115 Å². The maximum Gasteiger partial charge on any atom is 0.457 e. The number of esters is 1. The zero-order chi connectivity index (χ0) is 25.2. The number of carbonyl (C=O) groups excluding carboxylic acids is 2. The average molecular weight is 482 g/mol. The van der Waals surface area contributed by atoms with E-state index in [-0.39, 0.29) is 18.3 Å². The summed E-state index contributed by atoms with van der Waals surface area (Å²) in [6.45, 7) is 13.4. The van der Waals surface area contributed by atoms with Crippen LogP contribution in [-0.2, 0) is 23.6 Å². The van der Waals surface area contributed by atoms with E-state index in [9.17, 15) is 9.59 Å². The fourth-order valence-electron chi connectivity index (χ4n) is 4.59. The molecule has 2 aliphatic rings. The molecule has 0 radical (unpaired) electrons. The summed E-state index contributed by atoms with van der Waals surface area (Å²) in [4.78, 5) is 28.0. The number of nitrogens with zero attached hydrogens (tertiary/aromatic N) is 1. The van der Waals surface area contributed by atoms with Crippen LogP contribution in [0.2, 0.25) is 6.32 Å². The molecule has 1 amide bonds. The molecule has 9 heteroatoms. The van der Waals surface area contributed by atoms with Gasteiger partial charge in [-0.15, -0.1) is 0 Å². The first-order valence-electron chi connectivity index (χ1n) is 13.2. The van der Waals surface area contributed by atoms with Crippen LogP contribution in [0.25, 0.3) is 0 Å². The van der Waals surface area contributed by atoms with Crippen LogP contribution in [0.15, 0.2) is 0 Å². The highest BCUT2D eigenvalue weighted by atomic mass is 16.7. The van der Waals surface area contributed by atoms with Crippen LogP contribution in [0.3, 0.4) is 0 Å². The van der Waals surface area contributed by atoms with E-state index < -0.39 is 17.6 Å². The molecule has 196 valence electrons. The quantitative estimate of drug-likeness (QED) is 0.234. The van der Waals surface area contributed by atoms with Crippen LogP contribution in [0.5, 0.6) is 0 Å². The van der Waals surface area contributed by atoms with Crippen molar-refractivity contribution in [3.8, 4) is 0 Å². The van der Waals surface area contributed by atoms with Gasteiger partial charge in [-0.25, -0.2) is 9.59 Å². The van der Waals surface area contributed by atoms with E-state index in [2.05, 4.69) is 10.2 Å². The molecule has 0 aromatic heterocycles. The van der Waals surface area contributed by atoms with Gasteiger partial charge in [-0.2, -0.15) is 0 Å². The Labute approximate surface area is 206 Å². The standard InChI is InChI=1S/C25H47BN2O6/c1-7-8-20-32-22(30)27-25(21(29)31-6,15-19-28-17-12-9-13-18-28)14-10-11-16-26-33-23(2,3)24(4,5)34-26/h7-20H2,1-6H3,(H,27,30). The lowest BCUT2D eigenvalue weighted by atomic mass is 9.80. The van der Waals surface area contributed by atoms with Gasteiger partial charge < -0.3 is 29.0 Å². The van der Waals surface area contributed by atoms with Crippen molar-refractivity contribution in [2.75, 3.05) is 33.4 Å². The lowest BCUT2D eigenvalue weighted by molar-refractivity contribution is -0.149. The summed E-state index contributed by atoms with van der Waals surface area (Å²) >= 11 is 0. The number of ether oxygens (including phenoxy) is 2. The van der Waals surface area contributed by atoms with Gasteiger partial charge in [0.25, 0.3) is 0 Å². The van der Waals surface area contributed by atoms with Gasteiger partial charge in [0.1, 0.15) is 5.54 Å². The predicted octanol–water partition coefficient (Wildman–Crippen LogP) is 4.56. The molecular formula is C25H47BN2O6. The molecule has 0 aromatic carbocycles. The lowest BCUT2D eigenvalue weighted by Gasteiger charge is -2.35. The Balaban J connectivity index is 2.01. The van der Waals surface area contributed by atoms with E-state index in [1.807, 2.05) is 34.6 Å². The van der Waals surface area contributed by atoms with E-state index in [0.717, 1.165) is 51.6 Å². The molecule has 8 nitrogen and oxygen atoms in total. The van der Waals surface area contributed by atoms with Crippen molar-refractivity contribution in [2.24, 2.45) is 0 Å². The number of amides is 1. The second-order valence-corrected chi connectivity index (χ2v) is 10.8. The number of carbonyl (C=O) groups is 2. The number of hydrogen-bond donors (Lipinski definition) is 1. The molecule has 2 heterocycles. The van der Waals surface area contributed by atoms with Gasteiger partial charge in [-0.3, -0.25) is 0 Å². The molecule has 34 heavy (non-hydrogen) atoms. The third-order valence-corrected chi connectivity index (χ3v) is 7.55. The number of nitrogens with one attached hydrogen (secondary N) is 1. The molecule has 0 bridgehead atoms. The van der Waals surface area contributed by atoms with E-state index >= 15 is 0 Å². The van der Waals surface area contributed by atoms with Gasteiger partial charge in [0.05, 0.1) is 24.9 Å². The topological polar surface area (TPSA) is 86.3 Å². The first kappa shape index (κ1) is 28.9. The SMILES string of the molecule is CCCCOC(=O)NC(CCCCB1OC(C)(C)C(C)(C)O1)(CCN1CCCCC1)C(=O)OC. The van der Waals surface area contributed by atoms with Gasteiger partial charge in [0, 0.05) is 6.54 Å². The Kier molecular flexibility index (Phi) is 11.2. The fourth-order valence-corrected chi connectivity index (χ4v) is 4.59. The van der Waals surface area contributed by atoms with Crippen LogP contribution in [0, 0.1) is 0 Å². The summed E-state index contributed by atoms with van der Waals surface area (Å²) in [5, 5.41) is 2.91. The van der Waals surface area contributed by atoms with Crippen molar-refractivity contribution >= 4 is 19.2 Å². The highest BCUT2D eigenvalue weighted by Gasteiger charge is 2.50. The van der Waals surface area contributed by atoms with Crippen LogP contribution in [-0.4, -0.2) is 74.2 Å². The maximum atomic E-state index is 13.0. The molecule has 0 aliphatic carbocycles. The Hall–Kier alpha value is -1.32. The van der Waals surface area contributed by atoms with Crippen molar-refractivity contribution in [1.82, 2.24) is 10.2 Å². The molecule has 1 atom stereocenters. The Morgan fingerprint density at radius 2 is 1.65 bits per heavy atom. The third-order valence-electron chi connectivity index (χ3n) is 7.55. The first-order valence-corrected chi connectivity index (χ1v) is 13.2. The van der Waals surface area contributed by atoms with Gasteiger partial charge in [-0.1, -0.05) is 32.6 Å². The minimum absolute atomic E-state index is 0.266. The molecule has 0 aromatic rings. The Morgan fingerprint density at radius 1 is 1.00 bits per heavy atom. The van der Waals surface area contributed by atoms with Crippen LogP contribution in [0.1, 0.15) is 92.4 Å². The van der Waals surface area contributed by atoms with Crippen molar-refractivity contribution in [1.29, 1.82) is 0 Å². The highest BCUT2D eigenvalue weighted by Crippen LogP contribution is 2.38. The summed E-state index contributed by atoms with van der Waals surface area (Å²) in [6, 6.07) is 0. The van der Waals surface area contributed by atoms with Crippen LogP contribution < -0.4 is 5.32 Å². The molecule has 2 saturated heterocycles. The van der Waals surface area contributed by atoms with Crippen molar-refractivity contribution in [3.63, 3.8) is 0 Å². The molecule has 0 saturated carbocycles. The zero-order valence-corrected chi connectivity index (χ0v) is 22.4. The van der Waals surface area contributed by atoms with Crippen LogP contribution >= 0.6 is 0 Å². The molecule has 2 aliphatic heterocycles. The number of unbranched alkanes of at least 4 members (excludes halogenated alkanes) is 2. The normalized spacial score (nSPS) is 21.6. The summed E-state index contributed by atoms with van der Waals surface area (Å²) in [6.07, 6.45) is 8.02. The number of piperidine rings is 1. The largest absolute Gasteiger partial charge is 0.467 e. The summed E-state index contributed by atoms with van der Waals surface area (Å²) in [7, 11) is 1.12. The Bertz CT molecular complexity index is 637. The lowest BCUT2D eigenvalue weighted by Crippen LogP contribution is -2.57. The van der Waals surface area contributed by atoms with E-state index in [4.69, 9.17) is 18.8 Å². The van der Waals surface area contributed by atoms with E-state index in [0.29, 0.717) is 19.4 Å². The summed E-state index contributed by atoms with van der Waals surface area (Å²) in [5.74, 6) is -0.410. The third kappa shape index (κ3) is 8.13. The van der Waals surface area contributed by atoms with Crippen molar-refractivity contribution in [3.05, 3.63) is 0 Å². The molecule has 2 rings (SSSR count). The number of rotatable bonds is 13. The van der Waals surface area contributed by atoms with Gasteiger partial charge in [-0.05, 0) is 79.2 Å².